The predicted octanol–water partition coefficient (Wildman–Crippen LogP) is 1.45. The van der Waals surface area contributed by atoms with Crippen LogP contribution in [0.1, 0.15) is 59.2 Å². The molecule has 1 fully saturated rings. The van der Waals surface area contributed by atoms with Gasteiger partial charge in [0.25, 0.3) is 11.8 Å². The monoisotopic (exact) mass is 329 g/mol. The molecule has 24 heavy (non-hydrogen) atoms. The summed E-state index contributed by atoms with van der Waals surface area (Å²) < 4.78 is 0. The minimum Gasteiger partial charge on any atom is -0.355 e. The lowest BCUT2D eigenvalue weighted by Crippen LogP contribution is -2.52. The summed E-state index contributed by atoms with van der Waals surface area (Å²) in [7, 11) is 0. The zero-order chi connectivity index (χ0) is 17.2. The first-order valence-corrected chi connectivity index (χ1v) is 8.55. The maximum Gasteiger partial charge on any atom is 0.261 e. The number of carbonyl (C=O) groups is 3. The number of carbonyl (C=O) groups excluding carboxylic acids is 3. The Balaban J connectivity index is 1.42. The zero-order valence-electron chi connectivity index (χ0n) is 13.7. The van der Waals surface area contributed by atoms with Crippen LogP contribution in [-0.4, -0.2) is 41.2 Å². The summed E-state index contributed by atoms with van der Waals surface area (Å²) in [6.45, 7) is 0.886. The third-order valence-corrected chi connectivity index (χ3v) is 4.92. The van der Waals surface area contributed by atoms with Crippen molar-refractivity contribution in [3.63, 3.8) is 0 Å². The summed E-state index contributed by atoms with van der Waals surface area (Å²) in [6, 6.07) is 6.87. The Labute approximate surface area is 141 Å². The van der Waals surface area contributed by atoms with Gasteiger partial charge in [0.1, 0.15) is 0 Å². The highest BCUT2D eigenvalue weighted by Crippen LogP contribution is 2.27. The molecule has 0 radical (unpaired) electrons. The van der Waals surface area contributed by atoms with Gasteiger partial charge in [-0.3, -0.25) is 19.3 Å². The SMILES string of the molecule is NC1(C(=O)NCCCCN2C(=O)c3ccccc3C2=O)CCCC1. The summed E-state index contributed by atoms with van der Waals surface area (Å²) in [5, 5.41) is 2.88. The molecule has 3 amide bonds. The Bertz CT molecular complexity index is 630. The lowest BCUT2D eigenvalue weighted by molar-refractivity contribution is -0.126. The molecule has 0 bridgehead atoms. The number of imide groups is 1. The van der Waals surface area contributed by atoms with E-state index >= 15 is 0 Å². The quantitative estimate of drug-likeness (QED) is 0.610. The van der Waals surface area contributed by atoms with E-state index in [4.69, 9.17) is 5.73 Å². The number of hydrogen-bond donors (Lipinski definition) is 2. The summed E-state index contributed by atoms with van der Waals surface area (Å²) in [6.07, 6.45) is 4.85. The molecule has 3 N–H and O–H groups in total. The van der Waals surface area contributed by atoms with Gasteiger partial charge in [0.15, 0.2) is 0 Å². The number of amides is 3. The first kappa shape index (κ1) is 16.6. The van der Waals surface area contributed by atoms with Gasteiger partial charge in [-0.25, -0.2) is 0 Å². The summed E-state index contributed by atoms with van der Waals surface area (Å²) in [5.41, 5.74) is 6.33. The highest BCUT2D eigenvalue weighted by molar-refractivity contribution is 6.21. The van der Waals surface area contributed by atoms with E-state index in [1.165, 1.54) is 4.90 Å². The minimum absolute atomic E-state index is 0.0827. The lowest BCUT2D eigenvalue weighted by atomic mass is 9.98. The van der Waals surface area contributed by atoms with Gasteiger partial charge in [-0.2, -0.15) is 0 Å². The number of benzene rings is 1. The van der Waals surface area contributed by atoms with Crippen LogP contribution >= 0.6 is 0 Å². The highest BCUT2D eigenvalue weighted by Gasteiger charge is 2.37. The predicted molar refractivity (Wildman–Crippen MR) is 89.4 cm³/mol. The molecule has 6 nitrogen and oxygen atoms in total. The van der Waals surface area contributed by atoms with E-state index in [0.717, 1.165) is 25.7 Å². The average Bonchev–Trinajstić information content (AvgIpc) is 3.13. The molecule has 2 aliphatic rings. The topological polar surface area (TPSA) is 92.5 Å². The van der Waals surface area contributed by atoms with Gasteiger partial charge in [0, 0.05) is 13.1 Å². The fourth-order valence-electron chi connectivity index (χ4n) is 3.45. The summed E-state index contributed by atoms with van der Waals surface area (Å²) >= 11 is 0. The maximum absolute atomic E-state index is 12.2. The van der Waals surface area contributed by atoms with Crippen molar-refractivity contribution < 1.29 is 14.4 Å². The molecule has 128 valence electrons. The number of rotatable bonds is 6. The van der Waals surface area contributed by atoms with E-state index in [0.29, 0.717) is 37.1 Å². The number of hydrogen-bond acceptors (Lipinski definition) is 4. The first-order chi connectivity index (χ1) is 11.5. The van der Waals surface area contributed by atoms with E-state index in [1.54, 1.807) is 24.3 Å². The summed E-state index contributed by atoms with van der Waals surface area (Å²) in [5.74, 6) is -0.543. The van der Waals surface area contributed by atoms with Crippen LogP contribution in [0.2, 0.25) is 0 Å². The summed E-state index contributed by atoms with van der Waals surface area (Å²) in [4.78, 5) is 37.8. The van der Waals surface area contributed by atoms with Crippen molar-refractivity contribution in [1.82, 2.24) is 10.2 Å². The maximum atomic E-state index is 12.2. The third kappa shape index (κ3) is 3.06. The zero-order valence-corrected chi connectivity index (χ0v) is 13.7. The van der Waals surface area contributed by atoms with Gasteiger partial charge in [-0.15, -0.1) is 0 Å². The van der Waals surface area contributed by atoms with E-state index in [2.05, 4.69) is 5.32 Å². The Morgan fingerprint density at radius 2 is 1.67 bits per heavy atom. The Hall–Kier alpha value is -2.21. The molecule has 1 aliphatic heterocycles. The molecule has 1 aromatic rings. The van der Waals surface area contributed by atoms with Gasteiger partial charge in [-0.05, 0) is 37.8 Å². The number of nitrogens with two attached hydrogens (primary N) is 1. The van der Waals surface area contributed by atoms with Gasteiger partial charge in [0.2, 0.25) is 5.91 Å². The van der Waals surface area contributed by atoms with Crippen LogP contribution < -0.4 is 11.1 Å². The molecule has 1 aromatic carbocycles. The van der Waals surface area contributed by atoms with Crippen molar-refractivity contribution in [2.75, 3.05) is 13.1 Å². The van der Waals surface area contributed by atoms with Crippen molar-refractivity contribution in [3.8, 4) is 0 Å². The second-order valence-electron chi connectivity index (χ2n) is 6.63. The van der Waals surface area contributed by atoms with Crippen LogP contribution in [0, 0.1) is 0 Å². The Kier molecular flexibility index (Phi) is 4.66. The fourth-order valence-corrected chi connectivity index (χ4v) is 3.45. The molecule has 3 rings (SSSR count). The van der Waals surface area contributed by atoms with Crippen LogP contribution in [-0.2, 0) is 4.79 Å². The average molecular weight is 329 g/mol. The van der Waals surface area contributed by atoms with Crippen molar-refractivity contribution in [2.24, 2.45) is 5.73 Å². The van der Waals surface area contributed by atoms with Gasteiger partial charge >= 0.3 is 0 Å². The van der Waals surface area contributed by atoms with Crippen molar-refractivity contribution >= 4 is 17.7 Å². The van der Waals surface area contributed by atoms with Gasteiger partial charge in [-0.1, -0.05) is 25.0 Å². The second kappa shape index (κ2) is 6.73. The Morgan fingerprint density at radius 1 is 1.08 bits per heavy atom. The van der Waals surface area contributed by atoms with Crippen molar-refractivity contribution in [2.45, 2.75) is 44.1 Å². The third-order valence-electron chi connectivity index (χ3n) is 4.92. The van der Waals surface area contributed by atoms with Crippen LogP contribution in [0.5, 0.6) is 0 Å². The minimum atomic E-state index is -0.706. The van der Waals surface area contributed by atoms with Crippen molar-refractivity contribution in [1.29, 1.82) is 0 Å². The van der Waals surface area contributed by atoms with Gasteiger partial charge in [0.05, 0.1) is 16.7 Å². The number of unbranched alkanes of at least 4 members (excludes halogenated alkanes) is 1. The standard InChI is InChI=1S/C18H23N3O3/c19-18(9-3-4-10-18)17(24)20-11-5-6-12-21-15(22)13-7-1-2-8-14(13)16(21)23/h1-2,7-8H,3-6,9-12,19H2,(H,20,24). The second-order valence-corrected chi connectivity index (χ2v) is 6.63. The lowest BCUT2D eigenvalue weighted by Gasteiger charge is -2.22. The molecular formula is C18H23N3O3. The van der Waals surface area contributed by atoms with E-state index in [-0.39, 0.29) is 17.7 Å². The molecule has 1 saturated carbocycles. The molecular weight excluding hydrogens is 306 g/mol. The molecule has 6 heteroatoms. The van der Waals surface area contributed by atoms with Gasteiger partial charge < -0.3 is 11.1 Å². The van der Waals surface area contributed by atoms with E-state index in [9.17, 15) is 14.4 Å². The molecule has 0 aromatic heterocycles. The van der Waals surface area contributed by atoms with Crippen LogP contribution in [0.15, 0.2) is 24.3 Å². The van der Waals surface area contributed by atoms with Crippen LogP contribution in [0.4, 0.5) is 0 Å². The van der Waals surface area contributed by atoms with E-state index < -0.39 is 5.54 Å². The molecule has 0 saturated heterocycles. The number of nitrogens with zero attached hydrogens (tertiary/aromatic N) is 1. The van der Waals surface area contributed by atoms with Crippen LogP contribution in [0.25, 0.3) is 0 Å². The number of nitrogens with one attached hydrogen (secondary N) is 1. The normalized spacial score (nSPS) is 18.8. The van der Waals surface area contributed by atoms with Crippen molar-refractivity contribution in [3.05, 3.63) is 35.4 Å². The largest absolute Gasteiger partial charge is 0.355 e. The molecule has 1 heterocycles. The number of fused-ring (bicyclic) bond motifs is 1. The Morgan fingerprint density at radius 3 is 2.25 bits per heavy atom. The first-order valence-electron chi connectivity index (χ1n) is 8.55. The smallest absolute Gasteiger partial charge is 0.261 e. The van der Waals surface area contributed by atoms with E-state index in [1.807, 2.05) is 0 Å². The molecule has 0 unspecified atom stereocenters. The molecule has 0 spiro atoms. The van der Waals surface area contributed by atoms with Crippen LogP contribution in [0.3, 0.4) is 0 Å². The molecule has 1 aliphatic carbocycles. The molecule has 0 atom stereocenters. The fraction of sp³-hybridized carbons (Fsp3) is 0.500. The highest BCUT2D eigenvalue weighted by atomic mass is 16.2.